The Morgan fingerprint density at radius 1 is 1.09 bits per heavy atom. The molecular weight excluding hydrogens is 607 g/mol. The van der Waals surface area contributed by atoms with Gasteiger partial charge in [-0.2, -0.15) is 5.10 Å². The van der Waals surface area contributed by atoms with Gasteiger partial charge in [0.2, 0.25) is 15.9 Å². The Morgan fingerprint density at radius 3 is 2.74 bits per heavy atom. The number of hydrogen-bond donors (Lipinski definition) is 4. The second-order valence-electron chi connectivity index (χ2n) is 12.1. The molecule has 0 radical (unpaired) electrons. The molecule has 46 heavy (non-hydrogen) atoms. The molecule has 0 saturated heterocycles. The zero-order valence-electron chi connectivity index (χ0n) is 25.2. The zero-order chi connectivity index (χ0) is 31.8. The van der Waals surface area contributed by atoms with Gasteiger partial charge in [-0.3, -0.25) is 14.9 Å². The van der Waals surface area contributed by atoms with Crippen LogP contribution in [0.25, 0.3) is 50.3 Å². The van der Waals surface area contributed by atoms with E-state index in [2.05, 4.69) is 35.2 Å². The third kappa shape index (κ3) is 6.33. The fourth-order valence-corrected chi connectivity index (χ4v) is 6.81. The highest BCUT2D eigenvalue weighted by Crippen LogP contribution is 2.35. The summed E-state index contributed by atoms with van der Waals surface area (Å²) >= 11 is 0. The summed E-state index contributed by atoms with van der Waals surface area (Å²) in [6.45, 7) is 0.103. The number of rotatable bonds is 8. The van der Waals surface area contributed by atoms with Crippen molar-refractivity contribution in [2.45, 2.75) is 38.5 Å². The quantitative estimate of drug-likeness (QED) is 0.165. The summed E-state index contributed by atoms with van der Waals surface area (Å²) in [5.74, 6) is -0.0477. The maximum absolute atomic E-state index is 14.7. The molecule has 0 aliphatic heterocycles. The standard InChI is InChI=1S/C33H33FN8O3S/c1-46(44,45)37-15-19-10-21(12-24(34)11-19)26-8-5-9-28-29(26)40-32(39-28)30-27-14-23(17-36-31(27)42-41-30)22-13-25(18-35-16-22)38-33(43)20-6-3-2-4-7-20/h5,8-10,12-14,16-20,37H,2-4,6-7,11,15H2,1H3,(H,38,43)(H,39,40)(H,36,41,42). The van der Waals surface area contributed by atoms with Crippen molar-refractivity contribution in [2.75, 3.05) is 18.1 Å². The summed E-state index contributed by atoms with van der Waals surface area (Å²) in [5.41, 5.74) is 6.13. The monoisotopic (exact) mass is 640 g/mol. The molecule has 2 aliphatic rings. The number of halogens is 1. The van der Waals surface area contributed by atoms with Gasteiger partial charge in [0.05, 0.1) is 34.6 Å². The molecule has 4 heterocycles. The number of nitrogens with one attached hydrogen (secondary N) is 4. The number of allylic oxidation sites excluding steroid dienone is 3. The van der Waals surface area contributed by atoms with Crippen LogP contribution in [-0.4, -0.2) is 57.3 Å². The van der Waals surface area contributed by atoms with Gasteiger partial charge in [-0.15, -0.1) is 0 Å². The number of carbonyl (C=O) groups is 1. The third-order valence-electron chi connectivity index (χ3n) is 8.58. The Hall–Kier alpha value is -4.75. The Kier molecular flexibility index (Phi) is 7.95. The maximum Gasteiger partial charge on any atom is 0.227 e. The number of H-pyrrole nitrogens is 2. The Morgan fingerprint density at radius 2 is 1.91 bits per heavy atom. The third-order valence-corrected chi connectivity index (χ3v) is 9.27. The topological polar surface area (TPSA) is 158 Å². The van der Waals surface area contributed by atoms with Crippen LogP contribution in [0.15, 0.2) is 66.9 Å². The average Bonchev–Trinajstić information content (AvgIpc) is 3.68. The molecule has 1 atom stereocenters. The van der Waals surface area contributed by atoms with E-state index >= 15 is 0 Å². The lowest BCUT2D eigenvalue weighted by Gasteiger charge is -2.20. The predicted molar refractivity (Wildman–Crippen MR) is 176 cm³/mol. The second kappa shape index (κ2) is 12.2. The highest BCUT2D eigenvalue weighted by molar-refractivity contribution is 7.88. The maximum atomic E-state index is 14.7. The highest BCUT2D eigenvalue weighted by Gasteiger charge is 2.23. The van der Waals surface area contributed by atoms with Crippen molar-refractivity contribution in [3.8, 4) is 22.6 Å². The second-order valence-corrected chi connectivity index (χ2v) is 13.9. The fraction of sp³-hybridized carbons (Fsp3) is 0.303. The number of para-hydroxylation sites is 1. The van der Waals surface area contributed by atoms with Gasteiger partial charge in [-0.1, -0.05) is 37.5 Å². The first-order valence-electron chi connectivity index (χ1n) is 15.3. The van der Waals surface area contributed by atoms with Crippen LogP contribution in [0, 0.1) is 11.8 Å². The molecular formula is C33H33FN8O3S. The number of sulfonamides is 1. The minimum absolute atomic E-state index is 0.0380. The van der Waals surface area contributed by atoms with E-state index in [4.69, 9.17) is 4.98 Å². The number of imidazole rings is 1. The molecule has 1 unspecified atom stereocenters. The molecule has 7 rings (SSSR count). The van der Waals surface area contributed by atoms with Crippen molar-refractivity contribution in [1.82, 2.24) is 34.9 Å². The molecule has 0 bridgehead atoms. The molecule has 5 aromatic rings. The average molecular weight is 641 g/mol. The van der Waals surface area contributed by atoms with E-state index in [1.807, 2.05) is 36.4 Å². The number of carbonyl (C=O) groups excluding carboxylic acids is 1. The van der Waals surface area contributed by atoms with Crippen molar-refractivity contribution < 1.29 is 17.6 Å². The van der Waals surface area contributed by atoms with Crippen LogP contribution in [0.3, 0.4) is 0 Å². The van der Waals surface area contributed by atoms with Gasteiger partial charge in [-0.05, 0) is 48.6 Å². The van der Waals surface area contributed by atoms with E-state index in [1.54, 1.807) is 18.6 Å². The summed E-state index contributed by atoms with van der Waals surface area (Å²) < 4.78 is 40.4. The molecule has 1 saturated carbocycles. The molecule has 4 aromatic heterocycles. The molecule has 1 fully saturated rings. The highest BCUT2D eigenvalue weighted by atomic mass is 32.2. The van der Waals surface area contributed by atoms with Crippen LogP contribution in [-0.2, 0) is 14.8 Å². The summed E-state index contributed by atoms with van der Waals surface area (Å²) in [5, 5.41) is 11.2. The largest absolute Gasteiger partial charge is 0.337 e. The smallest absolute Gasteiger partial charge is 0.227 e. The van der Waals surface area contributed by atoms with Crippen molar-refractivity contribution in [2.24, 2.45) is 11.8 Å². The van der Waals surface area contributed by atoms with E-state index < -0.39 is 10.0 Å². The number of aromatic nitrogens is 6. The van der Waals surface area contributed by atoms with Crippen LogP contribution in [0.2, 0.25) is 0 Å². The van der Waals surface area contributed by atoms with Gasteiger partial charge >= 0.3 is 0 Å². The summed E-state index contributed by atoms with van der Waals surface area (Å²) in [6, 6.07) is 9.48. The number of benzene rings is 1. The molecule has 0 spiro atoms. The predicted octanol–water partition coefficient (Wildman–Crippen LogP) is 5.89. The summed E-state index contributed by atoms with van der Waals surface area (Å²) in [4.78, 5) is 30.0. The lowest BCUT2D eigenvalue weighted by atomic mass is 9.88. The lowest BCUT2D eigenvalue weighted by Crippen LogP contribution is -2.28. The first kappa shape index (κ1) is 29.9. The first-order valence-corrected chi connectivity index (χ1v) is 17.2. The molecule has 2 aliphatic carbocycles. The molecule has 11 nitrogen and oxygen atoms in total. The molecule has 1 aromatic carbocycles. The normalized spacial score (nSPS) is 17.7. The number of aromatic amines is 2. The van der Waals surface area contributed by atoms with E-state index in [9.17, 15) is 17.6 Å². The molecule has 236 valence electrons. The van der Waals surface area contributed by atoms with Crippen LogP contribution in [0.5, 0.6) is 0 Å². The molecule has 13 heteroatoms. The van der Waals surface area contributed by atoms with E-state index in [-0.39, 0.29) is 36.5 Å². The number of hydrogen-bond acceptors (Lipinski definition) is 7. The van der Waals surface area contributed by atoms with Gasteiger partial charge < -0.3 is 10.3 Å². The number of fused-ring (bicyclic) bond motifs is 2. The van der Waals surface area contributed by atoms with Crippen LogP contribution < -0.4 is 10.0 Å². The SMILES string of the molecule is CS(=O)(=O)NCC1C=C(c2cccc3[nH]c(-c4[nH]nc5ncc(-c6cncc(NC(=O)C7CCCCC7)c6)cc45)nc23)C=C(F)C1. The molecule has 4 N–H and O–H groups in total. The molecule has 1 amide bonds. The van der Waals surface area contributed by atoms with Crippen LogP contribution in [0.1, 0.15) is 44.1 Å². The number of anilines is 1. The van der Waals surface area contributed by atoms with Gasteiger partial charge in [-0.25, -0.2) is 27.5 Å². The number of pyridine rings is 2. The minimum Gasteiger partial charge on any atom is -0.337 e. The fourth-order valence-electron chi connectivity index (χ4n) is 6.29. The Balaban J connectivity index is 1.19. The summed E-state index contributed by atoms with van der Waals surface area (Å²) in [6.07, 6.45) is 14.9. The van der Waals surface area contributed by atoms with Gasteiger partial charge in [0.1, 0.15) is 11.5 Å². The van der Waals surface area contributed by atoms with Crippen molar-refractivity contribution in [3.05, 3.63) is 72.5 Å². The van der Waals surface area contributed by atoms with E-state index in [1.165, 1.54) is 12.5 Å². The number of nitrogens with zero attached hydrogens (tertiary/aromatic N) is 4. The van der Waals surface area contributed by atoms with Crippen LogP contribution >= 0.6 is 0 Å². The van der Waals surface area contributed by atoms with Gasteiger partial charge in [0.15, 0.2) is 11.5 Å². The van der Waals surface area contributed by atoms with Gasteiger partial charge in [0.25, 0.3) is 0 Å². The van der Waals surface area contributed by atoms with Gasteiger partial charge in [0, 0.05) is 48.0 Å². The van der Waals surface area contributed by atoms with Crippen molar-refractivity contribution >= 4 is 49.3 Å². The lowest BCUT2D eigenvalue weighted by molar-refractivity contribution is -0.120. The van der Waals surface area contributed by atoms with Crippen molar-refractivity contribution in [3.63, 3.8) is 0 Å². The van der Waals surface area contributed by atoms with Crippen molar-refractivity contribution in [1.29, 1.82) is 0 Å². The Bertz CT molecular complexity index is 2130. The number of amides is 1. The van der Waals surface area contributed by atoms with E-state index in [0.29, 0.717) is 33.9 Å². The summed E-state index contributed by atoms with van der Waals surface area (Å²) in [7, 11) is -3.40. The zero-order valence-corrected chi connectivity index (χ0v) is 26.0. The Labute approximate surface area is 264 Å². The first-order chi connectivity index (χ1) is 22.2. The minimum atomic E-state index is -3.40. The van der Waals surface area contributed by atoms with E-state index in [0.717, 1.165) is 59.5 Å². The van der Waals surface area contributed by atoms with Crippen LogP contribution in [0.4, 0.5) is 10.1 Å².